The van der Waals surface area contributed by atoms with Gasteiger partial charge in [-0.1, -0.05) is 0 Å². The molecule has 33 heavy (non-hydrogen) atoms. The Kier molecular flexibility index (Phi) is 4.86. The monoisotopic (exact) mass is 456 g/mol. The van der Waals surface area contributed by atoms with Gasteiger partial charge in [-0.3, -0.25) is 4.79 Å². The van der Waals surface area contributed by atoms with Crippen LogP contribution in [0.3, 0.4) is 0 Å². The van der Waals surface area contributed by atoms with Crippen LogP contribution in [0.15, 0.2) is 24.3 Å². The summed E-state index contributed by atoms with van der Waals surface area (Å²) in [5, 5.41) is 20.1. The lowest BCUT2D eigenvalue weighted by Crippen LogP contribution is -2.49. The predicted octanol–water partition coefficient (Wildman–Crippen LogP) is 2.29. The zero-order chi connectivity index (χ0) is 23.5. The van der Waals surface area contributed by atoms with Crippen LogP contribution in [-0.2, 0) is 15.1 Å². The summed E-state index contributed by atoms with van der Waals surface area (Å²) in [6.45, 7) is 4.43. The lowest BCUT2D eigenvalue weighted by atomic mass is 9.98. The number of piperazine rings is 1. The van der Waals surface area contributed by atoms with E-state index in [1.807, 2.05) is 34.6 Å². The van der Waals surface area contributed by atoms with Crippen molar-refractivity contribution in [1.29, 1.82) is 0 Å². The third kappa shape index (κ3) is 3.24. The Labute approximate surface area is 189 Å². The molecule has 1 aromatic heterocycles. The number of imidazole rings is 1. The van der Waals surface area contributed by atoms with Gasteiger partial charge >= 0.3 is 0 Å². The standard InChI is InChI=1S/C23H25FN4O5/c1-23(11-33-12-23)28-16-5-4-13(27-7-6-26(2)18(29)10-27)8-15(16)25-22(28)14-9-17(32-3)20(30)21(31)19(14)24/h4-5,8-9,30-31H,6-7,10-12H2,1-3H3. The van der Waals surface area contributed by atoms with Gasteiger partial charge in [0.1, 0.15) is 5.82 Å². The lowest BCUT2D eigenvalue weighted by molar-refractivity contribution is -0.129. The van der Waals surface area contributed by atoms with Crippen LogP contribution < -0.4 is 9.64 Å². The molecule has 0 unspecified atom stereocenters. The van der Waals surface area contributed by atoms with Gasteiger partial charge in [0, 0.05) is 25.8 Å². The second kappa shape index (κ2) is 7.51. The number of rotatable bonds is 4. The highest BCUT2D eigenvalue weighted by molar-refractivity contribution is 5.87. The molecule has 0 aliphatic carbocycles. The third-order valence-corrected chi connectivity index (χ3v) is 6.46. The molecule has 0 spiro atoms. The van der Waals surface area contributed by atoms with E-state index in [4.69, 9.17) is 14.5 Å². The van der Waals surface area contributed by atoms with Gasteiger partial charge in [-0.25, -0.2) is 9.37 Å². The lowest BCUT2D eigenvalue weighted by Gasteiger charge is -2.41. The average Bonchev–Trinajstić information content (AvgIpc) is 3.16. The van der Waals surface area contributed by atoms with E-state index in [0.29, 0.717) is 31.8 Å². The predicted molar refractivity (Wildman–Crippen MR) is 119 cm³/mol. The molecule has 1 amide bonds. The molecule has 2 aliphatic rings. The molecule has 2 saturated heterocycles. The van der Waals surface area contributed by atoms with Crippen LogP contribution >= 0.6 is 0 Å². The van der Waals surface area contributed by atoms with Crippen LogP contribution in [-0.4, -0.2) is 77.6 Å². The summed E-state index contributed by atoms with van der Waals surface area (Å²) in [5.74, 6) is -2.28. The molecule has 0 bridgehead atoms. The van der Waals surface area contributed by atoms with Gasteiger partial charge in [-0.15, -0.1) is 0 Å². The molecule has 3 aromatic rings. The number of carbonyl (C=O) groups is 1. The number of carbonyl (C=O) groups excluding carboxylic acids is 1. The van der Waals surface area contributed by atoms with E-state index >= 15 is 4.39 Å². The number of hydrogen-bond donors (Lipinski definition) is 2. The maximum absolute atomic E-state index is 15.1. The zero-order valence-electron chi connectivity index (χ0n) is 18.6. The number of aromatic hydroxyl groups is 2. The van der Waals surface area contributed by atoms with Crippen molar-refractivity contribution in [2.45, 2.75) is 12.5 Å². The number of phenolic OH excluding ortho intramolecular Hbond substituents is 2. The van der Waals surface area contributed by atoms with Crippen LogP contribution in [0.5, 0.6) is 17.2 Å². The molecule has 2 N–H and O–H groups in total. The number of fused-ring (bicyclic) bond motifs is 1. The summed E-state index contributed by atoms with van der Waals surface area (Å²) in [6.07, 6.45) is 0. The number of benzene rings is 2. The number of halogens is 1. The van der Waals surface area contributed by atoms with E-state index in [0.717, 1.165) is 11.2 Å². The smallest absolute Gasteiger partial charge is 0.241 e. The Balaban J connectivity index is 1.69. The molecule has 2 aliphatic heterocycles. The Bertz CT molecular complexity index is 1270. The zero-order valence-corrected chi connectivity index (χ0v) is 18.6. The minimum Gasteiger partial charge on any atom is -0.502 e. The van der Waals surface area contributed by atoms with Gasteiger partial charge in [0.15, 0.2) is 17.3 Å². The average molecular weight is 456 g/mol. The molecule has 9 nitrogen and oxygen atoms in total. The first-order valence-electron chi connectivity index (χ1n) is 10.6. The summed E-state index contributed by atoms with van der Waals surface area (Å²) in [7, 11) is 3.11. The number of hydrogen-bond acceptors (Lipinski definition) is 7. The van der Waals surface area contributed by atoms with Gasteiger partial charge in [0.05, 0.1) is 49.0 Å². The van der Waals surface area contributed by atoms with E-state index in [1.54, 1.807) is 11.9 Å². The Morgan fingerprint density at radius 3 is 2.58 bits per heavy atom. The highest BCUT2D eigenvalue weighted by atomic mass is 19.1. The molecule has 10 heteroatoms. The van der Waals surface area contributed by atoms with Crippen molar-refractivity contribution in [2.75, 3.05) is 51.9 Å². The Morgan fingerprint density at radius 2 is 1.94 bits per heavy atom. The first-order valence-corrected chi connectivity index (χ1v) is 10.6. The minimum atomic E-state index is -0.987. The maximum Gasteiger partial charge on any atom is 0.241 e. The van der Waals surface area contributed by atoms with Crippen LogP contribution in [0.25, 0.3) is 22.4 Å². The van der Waals surface area contributed by atoms with Gasteiger partial charge < -0.3 is 34.1 Å². The minimum absolute atomic E-state index is 0.00259. The van der Waals surface area contributed by atoms with Crippen molar-refractivity contribution in [2.24, 2.45) is 0 Å². The molecule has 174 valence electrons. The first kappa shape index (κ1) is 21.3. The van der Waals surface area contributed by atoms with Gasteiger partial charge in [-0.2, -0.15) is 0 Å². The molecule has 0 radical (unpaired) electrons. The Hall–Kier alpha value is -3.53. The summed E-state index contributed by atoms with van der Waals surface area (Å²) in [6, 6.07) is 7.04. The van der Waals surface area contributed by atoms with Crippen molar-refractivity contribution in [3.05, 3.63) is 30.1 Å². The third-order valence-electron chi connectivity index (χ3n) is 6.46. The van der Waals surface area contributed by atoms with E-state index < -0.39 is 22.9 Å². The van der Waals surface area contributed by atoms with Crippen LogP contribution in [0.2, 0.25) is 0 Å². The normalized spacial score (nSPS) is 18.0. The summed E-state index contributed by atoms with van der Waals surface area (Å²) >= 11 is 0. The van der Waals surface area contributed by atoms with E-state index in [9.17, 15) is 15.0 Å². The number of anilines is 1. The van der Waals surface area contributed by atoms with Crippen molar-refractivity contribution in [1.82, 2.24) is 14.5 Å². The number of phenols is 2. The molecule has 3 heterocycles. The van der Waals surface area contributed by atoms with Crippen LogP contribution in [0, 0.1) is 5.82 Å². The summed E-state index contributed by atoms with van der Waals surface area (Å²) in [5.41, 5.74) is 1.77. The highest BCUT2D eigenvalue weighted by Crippen LogP contribution is 2.45. The molecular weight excluding hydrogens is 431 g/mol. The fourth-order valence-corrected chi connectivity index (χ4v) is 4.43. The quantitative estimate of drug-likeness (QED) is 0.581. The number of nitrogens with zero attached hydrogens (tertiary/aromatic N) is 4. The topological polar surface area (TPSA) is 100 Å². The molecular formula is C23H25FN4O5. The molecule has 2 fully saturated rings. The van der Waals surface area contributed by atoms with Gasteiger partial charge in [0.2, 0.25) is 11.7 Å². The van der Waals surface area contributed by atoms with Crippen molar-refractivity contribution < 1.29 is 28.9 Å². The second-order valence-corrected chi connectivity index (χ2v) is 8.81. The fourth-order valence-electron chi connectivity index (χ4n) is 4.43. The van der Waals surface area contributed by atoms with E-state index in [-0.39, 0.29) is 29.6 Å². The van der Waals surface area contributed by atoms with Crippen LogP contribution in [0.4, 0.5) is 10.1 Å². The largest absolute Gasteiger partial charge is 0.502 e. The van der Waals surface area contributed by atoms with Gasteiger partial charge in [-0.05, 0) is 31.2 Å². The number of aromatic nitrogens is 2. The van der Waals surface area contributed by atoms with Crippen LogP contribution in [0.1, 0.15) is 6.92 Å². The first-order chi connectivity index (χ1) is 15.7. The fraction of sp³-hybridized carbons (Fsp3) is 0.391. The second-order valence-electron chi connectivity index (χ2n) is 8.81. The molecule has 5 rings (SSSR count). The van der Waals surface area contributed by atoms with E-state index in [2.05, 4.69) is 0 Å². The molecule has 0 atom stereocenters. The molecule has 0 saturated carbocycles. The van der Waals surface area contributed by atoms with Gasteiger partial charge in [0.25, 0.3) is 0 Å². The van der Waals surface area contributed by atoms with Crippen molar-refractivity contribution in [3.8, 4) is 28.6 Å². The number of likely N-dealkylation sites (N-methyl/N-ethyl adjacent to an activating group) is 1. The Morgan fingerprint density at radius 1 is 1.18 bits per heavy atom. The molecule has 2 aromatic carbocycles. The maximum atomic E-state index is 15.1. The highest BCUT2D eigenvalue weighted by Gasteiger charge is 2.39. The van der Waals surface area contributed by atoms with Crippen molar-refractivity contribution >= 4 is 22.6 Å². The number of methoxy groups -OCH3 is 1. The number of ether oxygens (including phenoxy) is 2. The summed E-state index contributed by atoms with van der Waals surface area (Å²) < 4.78 is 27.6. The summed E-state index contributed by atoms with van der Waals surface area (Å²) in [4.78, 5) is 20.6. The SMILES string of the molecule is COc1cc(-c2nc3cc(N4CCN(C)C(=O)C4)ccc3n2C2(C)COC2)c(F)c(O)c1O. The van der Waals surface area contributed by atoms with Crippen molar-refractivity contribution in [3.63, 3.8) is 0 Å². The van der Waals surface area contributed by atoms with E-state index in [1.165, 1.54) is 13.2 Å². The number of amides is 1.